The molecule has 1 unspecified atom stereocenters. The van der Waals surface area contributed by atoms with Gasteiger partial charge in [-0.3, -0.25) is 14.4 Å². The molecule has 0 aliphatic carbocycles. The van der Waals surface area contributed by atoms with E-state index in [0.29, 0.717) is 25.7 Å². The summed E-state index contributed by atoms with van der Waals surface area (Å²) in [6.07, 6.45) is 85.8. The van der Waals surface area contributed by atoms with Gasteiger partial charge < -0.3 is 14.2 Å². The van der Waals surface area contributed by atoms with Crippen LogP contribution in [0.3, 0.4) is 0 Å². The molecule has 0 aromatic rings. The maximum Gasteiger partial charge on any atom is 0.306 e. The van der Waals surface area contributed by atoms with Gasteiger partial charge in [-0.1, -0.05) is 238 Å². The average molecular weight is 1020 g/mol. The van der Waals surface area contributed by atoms with Gasteiger partial charge in [-0.05, 0) is 135 Å². The minimum Gasteiger partial charge on any atom is -0.462 e. The third-order valence-electron chi connectivity index (χ3n) is 12.4. The predicted octanol–water partition coefficient (Wildman–Crippen LogP) is 20.6. The van der Waals surface area contributed by atoms with Crippen molar-refractivity contribution in [3.05, 3.63) is 134 Å². The number of hydrogen-bond acceptors (Lipinski definition) is 6. The van der Waals surface area contributed by atoms with Crippen LogP contribution in [0, 0.1) is 0 Å². The fourth-order valence-electron chi connectivity index (χ4n) is 7.90. The molecule has 0 spiro atoms. The summed E-state index contributed by atoms with van der Waals surface area (Å²) in [5.41, 5.74) is 0. The van der Waals surface area contributed by atoms with Crippen molar-refractivity contribution in [2.24, 2.45) is 0 Å². The van der Waals surface area contributed by atoms with Gasteiger partial charge >= 0.3 is 17.9 Å². The first-order valence-corrected chi connectivity index (χ1v) is 30.2. The van der Waals surface area contributed by atoms with Gasteiger partial charge in [-0.25, -0.2) is 0 Å². The van der Waals surface area contributed by atoms with Crippen LogP contribution in [0.1, 0.15) is 258 Å². The first-order chi connectivity index (χ1) is 36.5. The van der Waals surface area contributed by atoms with E-state index in [9.17, 15) is 14.4 Å². The van der Waals surface area contributed by atoms with E-state index in [4.69, 9.17) is 14.2 Å². The van der Waals surface area contributed by atoms with Gasteiger partial charge in [0.25, 0.3) is 0 Å². The normalized spacial score (nSPS) is 13.1. The Labute approximate surface area is 455 Å². The minimum atomic E-state index is -0.813. The molecule has 1 atom stereocenters. The van der Waals surface area contributed by atoms with E-state index in [-0.39, 0.29) is 31.1 Å². The standard InChI is InChI=1S/C68H110O6/c1-4-7-10-13-16-19-22-25-28-31-33-34-36-37-40-43-46-49-52-55-58-61-67(70)73-64-65(63-72-66(69)60-57-54-51-48-45-42-39-30-27-24-21-18-15-12-9-6-3)74-68(71)62-59-56-53-50-47-44-41-38-35-32-29-26-23-20-17-14-11-8-5-2/h7-8,10-11,16-17,19-20,25-26,28-30,33-35,37-40,46,49,65H,4-6,9,12-15,18,21-24,27,31-32,36,41-45,47-48,50-64H2,1-3H3/b10-7-,11-8-,19-16-,20-17-,28-25-,29-26-,34-33-,38-35-,39-30-,40-37-,49-46-. The largest absolute Gasteiger partial charge is 0.462 e. The molecule has 0 aliphatic rings. The number of carbonyl (C=O) groups is 3. The molecule has 0 fully saturated rings. The summed E-state index contributed by atoms with van der Waals surface area (Å²) in [5, 5.41) is 0. The van der Waals surface area contributed by atoms with Gasteiger partial charge in [0.1, 0.15) is 13.2 Å². The molecule has 0 aromatic heterocycles. The van der Waals surface area contributed by atoms with Crippen molar-refractivity contribution < 1.29 is 28.6 Å². The molecule has 0 saturated carbocycles. The van der Waals surface area contributed by atoms with Crippen LogP contribution in [0.2, 0.25) is 0 Å². The van der Waals surface area contributed by atoms with Crippen molar-refractivity contribution in [3.8, 4) is 0 Å². The Hall–Kier alpha value is -4.45. The average Bonchev–Trinajstić information content (AvgIpc) is 3.40. The van der Waals surface area contributed by atoms with Crippen LogP contribution in [0.15, 0.2) is 134 Å². The summed E-state index contributed by atoms with van der Waals surface area (Å²) in [5.74, 6) is -0.974. The number of hydrogen-bond donors (Lipinski definition) is 0. The van der Waals surface area contributed by atoms with Gasteiger partial charge in [0, 0.05) is 19.3 Å². The molecule has 0 heterocycles. The van der Waals surface area contributed by atoms with Gasteiger partial charge in [0.15, 0.2) is 6.10 Å². The van der Waals surface area contributed by atoms with Crippen molar-refractivity contribution >= 4 is 17.9 Å². The number of rotatable bonds is 53. The zero-order chi connectivity index (χ0) is 53.6. The lowest BCUT2D eigenvalue weighted by atomic mass is 10.1. The van der Waals surface area contributed by atoms with E-state index < -0.39 is 6.10 Å². The van der Waals surface area contributed by atoms with E-state index in [1.165, 1.54) is 70.6 Å². The highest BCUT2D eigenvalue weighted by Crippen LogP contribution is 2.14. The van der Waals surface area contributed by atoms with Crippen molar-refractivity contribution in [2.75, 3.05) is 13.2 Å². The van der Waals surface area contributed by atoms with Crippen LogP contribution in [-0.4, -0.2) is 37.2 Å². The van der Waals surface area contributed by atoms with Gasteiger partial charge in [0.2, 0.25) is 0 Å². The highest BCUT2D eigenvalue weighted by Gasteiger charge is 2.19. The summed E-state index contributed by atoms with van der Waals surface area (Å²) in [7, 11) is 0. The number of allylic oxidation sites excluding steroid dienone is 22. The van der Waals surface area contributed by atoms with Crippen molar-refractivity contribution in [1.29, 1.82) is 0 Å². The quantitative estimate of drug-likeness (QED) is 0.0261. The molecule has 0 N–H and O–H groups in total. The Morgan fingerprint density at radius 3 is 0.865 bits per heavy atom. The highest BCUT2D eigenvalue weighted by molar-refractivity contribution is 5.71. The third-order valence-corrected chi connectivity index (χ3v) is 12.4. The molecule has 6 heteroatoms. The maximum absolute atomic E-state index is 12.9. The van der Waals surface area contributed by atoms with Crippen LogP contribution in [0.25, 0.3) is 0 Å². The zero-order valence-electron chi connectivity index (χ0n) is 47.8. The highest BCUT2D eigenvalue weighted by atomic mass is 16.6. The van der Waals surface area contributed by atoms with Crippen LogP contribution >= 0.6 is 0 Å². The van der Waals surface area contributed by atoms with E-state index in [1.54, 1.807) is 0 Å². The number of esters is 3. The second kappa shape index (κ2) is 61.1. The molecule has 0 radical (unpaired) electrons. The predicted molar refractivity (Wildman–Crippen MR) is 320 cm³/mol. The Morgan fingerprint density at radius 2 is 0.527 bits per heavy atom. The number of ether oxygens (including phenoxy) is 3. The Bertz CT molecular complexity index is 1600. The Balaban J connectivity index is 4.53. The Morgan fingerprint density at radius 1 is 0.284 bits per heavy atom. The van der Waals surface area contributed by atoms with Crippen molar-refractivity contribution in [2.45, 2.75) is 264 Å². The molecule has 0 aliphatic heterocycles. The molecule has 418 valence electrons. The number of unbranched alkanes of at least 4 members (excludes halogenated alkanes) is 20. The van der Waals surface area contributed by atoms with E-state index >= 15 is 0 Å². The molecular weight excluding hydrogens is 913 g/mol. The third kappa shape index (κ3) is 58.4. The number of carbonyl (C=O) groups excluding carboxylic acids is 3. The van der Waals surface area contributed by atoms with Gasteiger partial charge in [-0.2, -0.15) is 0 Å². The summed E-state index contributed by atoms with van der Waals surface area (Å²) < 4.78 is 16.9. The molecular formula is C68H110O6. The fourth-order valence-corrected chi connectivity index (χ4v) is 7.90. The summed E-state index contributed by atoms with van der Waals surface area (Å²) in [6, 6.07) is 0. The first kappa shape index (κ1) is 69.5. The molecule has 6 nitrogen and oxygen atoms in total. The summed E-state index contributed by atoms with van der Waals surface area (Å²) in [6.45, 7) is 6.36. The smallest absolute Gasteiger partial charge is 0.306 e. The van der Waals surface area contributed by atoms with E-state index in [1.807, 2.05) is 0 Å². The van der Waals surface area contributed by atoms with Crippen LogP contribution < -0.4 is 0 Å². The monoisotopic (exact) mass is 1020 g/mol. The van der Waals surface area contributed by atoms with E-state index in [0.717, 1.165) is 141 Å². The fraction of sp³-hybridized carbons (Fsp3) is 0.632. The van der Waals surface area contributed by atoms with Crippen molar-refractivity contribution in [3.63, 3.8) is 0 Å². The zero-order valence-corrected chi connectivity index (χ0v) is 47.8. The van der Waals surface area contributed by atoms with Crippen LogP contribution in [0.4, 0.5) is 0 Å². The first-order valence-electron chi connectivity index (χ1n) is 30.2. The molecule has 0 rings (SSSR count). The lowest BCUT2D eigenvalue weighted by molar-refractivity contribution is -0.167. The maximum atomic E-state index is 12.9. The molecule has 0 aromatic carbocycles. The van der Waals surface area contributed by atoms with Crippen molar-refractivity contribution in [1.82, 2.24) is 0 Å². The van der Waals surface area contributed by atoms with E-state index in [2.05, 4.69) is 154 Å². The topological polar surface area (TPSA) is 78.9 Å². The molecule has 0 amide bonds. The molecule has 74 heavy (non-hydrogen) atoms. The molecule has 0 saturated heterocycles. The molecule has 0 bridgehead atoms. The van der Waals surface area contributed by atoms with Gasteiger partial charge in [-0.15, -0.1) is 0 Å². The van der Waals surface area contributed by atoms with Crippen LogP contribution in [-0.2, 0) is 28.6 Å². The minimum absolute atomic E-state index is 0.106. The Kier molecular flexibility index (Phi) is 57.4. The second-order valence-corrected chi connectivity index (χ2v) is 19.5. The lowest BCUT2D eigenvalue weighted by Gasteiger charge is -2.18. The SMILES string of the molecule is CC/C=C\C/C=C\C/C=C\C/C=C\C/C=C\C/C=C\CCCCC(=O)OCC(COC(=O)CCCCCCC/C=C\CCCCCCCCC)OC(=O)CCCCCCCC/C=C\C/C=C\C/C=C\C/C=C\CC. The van der Waals surface area contributed by atoms with Gasteiger partial charge in [0.05, 0.1) is 0 Å². The lowest BCUT2D eigenvalue weighted by Crippen LogP contribution is -2.30. The summed E-state index contributed by atoms with van der Waals surface area (Å²) >= 11 is 0. The summed E-state index contributed by atoms with van der Waals surface area (Å²) in [4.78, 5) is 38.3. The second-order valence-electron chi connectivity index (χ2n) is 19.5. The van der Waals surface area contributed by atoms with Crippen LogP contribution in [0.5, 0.6) is 0 Å².